The summed E-state index contributed by atoms with van der Waals surface area (Å²) in [5.74, 6) is -1.43. The minimum atomic E-state index is -0.970. The molecule has 4 fully saturated rings. The Bertz CT molecular complexity index is 1920. The Hall–Kier alpha value is -5.17. The van der Waals surface area contributed by atoms with Gasteiger partial charge in [-0.25, -0.2) is 4.98 Å². The van der Waals surface area contributed by atoms with Gasteiger partial charge in [-0.2, -0.15) is 0 Å². The van der Waals surface area contributed by atoms with Crippen LogP contribution in [0.1, 0.15) is 71.4 Å². The van der Waals surface area contributed by atoms with Crippen molar-refractivity contribution >= 4 is 57.8 Å². The summed E-state index contributed by atoms with van der Waals surface area (Å²) in [7, 11) is 0. The first kappa shape index (κ1) is 31.1. The molecule has 13 nitrogen and oxygen atoms in total. The molecule has 2 unspecified atom stereocenters. The molecule has 252 valence electrons. The topological polar surface area (TPSA) is 172 Å². The van der Waals surface area contributed by atoms with E-state index in [0.717, 1.165) is 84.7 Å². The van der Waals surface area contributed by atoms with Crippen molar-refractivity contribution in [2.75, 3.05) is 29.9 Å². The van der Waals surface area contributed by atoms with Crippen LogP contribution in [0.4, 0.5) is 11.4 Å². The van der Waals surface area contributed by atoms with E-state index in [-0.39, 0.29) is 30.0 Å². The number of morpholine rings is 1. The number of allylic oxidation sites excluding steroid dienone is 1. The number of anilines is 2. The number of carbonyl (C=O) groups is 4. The molecule has 4 amide bonds. The number of aliphatic imine (C=N–C) groups is 1. The molecule has 3 aromatic rings. The highest BCUT2D eigenvalue weighted by Crippen LogP contribution is 2.35. The molecule has 0 spiro atoms. The summed E-state index contributed by atoms with van der Waals surface area (Å²) in [4.78, 5) is 67.5. The molecule has 1 aliphatic carbocycles. The van der Waals surface area contributed by atoms with E-state index in [9.17, 15) is 19.2 Å². The molecule has 4 N–H and O–H groups in total. The van der Waals surface area contributed by atoms with Gasteiger partial charge in [0.25, 0.3) is 11.8 Å². The number of nitrogens with zero attached hydrogens (tertiary/aromatic N) is 5. The first-order chi connectivity index (χ1) is 23.8. The fourth-order valence-electron chi connectivity index (χ4n) is 7.68. The number of rotatable bonds is 10. The smallest absolute Gasteiger partial charge is 0.262 e. The van der Waals surface area contributed by atoms with Crippen LogP contribution in [0.2, 0.25) is 0 Å². The van der Waals surface area contributed by atoms with Crippen LogP contribution in [0, 0.1) is 5.92 Å². The third kappa shape index (κ3) is 5.92. The van der Waals surface area contributed by atoms with Gasteiger partial charge >= 0.3 is 0 Å². The van der Waals surface area contributed by atoms with Gasteiger partial charge in [0.05, 0.1) is 58.8 Å². The lowest BCUT2D eigenvalue weighted by atomic mass is 9.78. The molecule has 2 bridgehead atoms. The zero-order valence-electron chi connectivity index (χ0n) is 27.0. The van der Waals surface area contributed by atoms with E-state index < -0.39 is 29.7 Å². The summed E-state index contributed by atoms with van der Waals surface area (Å²) in [5.41, 5.74) is 11.6. The van der Waals surface area contributed by atoms with Gasteiger partial charge in [-0.05, 0) is 80.8 Å². The second-order valence-electron chi connectivity index (χ2n) is 13.6. The number of imide groups is 2. The first-order valence-electron chi connectivity index (χ1n) is 17.0. The summed E-state index contributed by atoms with van der Waals surface area (Å²) >= 11 is 0. The molecule has 8 rings (SSSR count). The minimum Gasteiger partial charge on any atom is -0.404 e. The van der Waals surface area contributed by atoms with Crippen molar-refractivity contribution in [1.29, 1.82) is 0 Å². The monoisotopic (exact) mass is 662 g/mol. The van der Waals surface area contributed by atoms with E-state index in [1.54, 1.807) is 24.4 Å². The summed E-state index contributed by atoms with van der Waals surface area (Å²) in [6.07, 6.45) is 10.7. The van der Waals surface area contributed by atoms with Crippen LogP contribution in [-0.4, -0.2) is 88.6 Å². The normalized spacial score (nSPS) is 26.5. The third-order valence-corrected chi connectivity index (χ3v) is 10.4. The van der Waals surface area contributed by atoms with E-state index >= 15 is 0 Å². The molecule has 4 aliphatic heterocycles. The molecule has 5 aliphatic rings. The Kier molecular flexibility index (Phi) is 8.06. The number of nitrogens with two attached hydrogens (primary N) is 1. The fourth-order valence-corrected chi connectivity index (χ4v) is 7.68. The van der Waals surface area contributed by atoms with Crippen LogP contribution in [0.15, 0.2) is 53.8 Å². The molecule has 1 saturated carbocycles. The van der Waals surface area contributed by atoms with Gasteiger partial charge in [-0.1, -0.05) is 0 Å². The molecular formula is C36H38N8O5. The number of amides is 4. The second-order valence-corrected chi connectivity index (χ2v) is 13.6. The summed E-state index contributed by atoms with van der Waals surface area (Å²) in [5, 5.41) is 5.58. The lowest BCUT2D eigenvalue weighted by molar-refractivity contribution is -0.136. The fraction of sp³-hybridized carbons (Fsp3) is 0.417. The number of hydrogen-bond acceptors (Lipinski definition) is 11. The molecule has 3 atom stereocenters. The molecular weight excluding hydrogens is 624 g/mol. The van der Waals surface area contributed by atoms with E-state index in [1.807, 2.05) is 12.3 Å². The SMILES string of the molecule is NC=C(C=NC1CC(CCCNc2ccc3c(c2)C(=O)N(C2CCC(=O)NC2=O)C3=O)C1)c1cnc2ccc(N3CC4C[C@@H]3CO4)cc2n1. The van der Waals surface area contributed by atoms with Gasteiger partial charge in [0.2, 0.25) is 11.8 Å². The Morgan fingerprint density at radius 3 is 2.69 bits per heavy atom. The van der Waals surface area contributed by atoms with Gasteiger partial charge in [-0.3, -0.25) is 39.4 Å². The number of hydrogen-bond donors (Lipinski definition) is 3. The van der Waals surface area contributed by atoms with Gasteiger partial charge in [-0.15, -0.1) is 0 Å². The molecule has 1 aromatic heterocycles. The van der Waals surface area contributed by atoms with Crippen molar-refractivity contribution in [3.8, 4) is 0 Å². The highest BCUT2D eigenvalue weighted by atomic mass is 16.5. The van der Waals surface area contributed by atoms with E-state index in [4.69, 9.17) is 20.4 Å². The van der Waals surface area contributed by atoms with Crippen LogP contribution in [0.25, 0.3) is 16.6 Å². The van der Waals surface area contributed by atoms with Crippen molar-refractivity contribution in [3.05, 3.63) is 65.6 Å². The standard InChI is InChI=1S/C36H38N8O5/c37-15-21(31-17-40-29-6-4-24(14-30(29)41-31)43-18-26-13-25(43)19-49-26)16-39-23-10-20(11-23)2-1-9-38-22-3-5-27-28(12-22)36(48)44(35(27)47)32-7-8-33(45)42-34(32)46/h3-6,12,14-17,20,23,25-26,32,38H,1-2,7-11,13,18-19,37H2,(H,42,45,46)/t20?,23?,25-,26?,32?/m1/s1. The number of aromatic nitrogens is 2. The van der Waals surface area contributed by atoms with Gasteiger partial charge in [0, 0.05) is 48.9 Å². The van der Waals surface area contributed by atoms with Gasteiger partial charge < -0.3 is 20.7 Å². The van der Waals surface area contributed by atoms with Crippen LogP contribution in [0.3, 0.4) is 0 Å². The highest BCUT2D eigenvalue weighted by molar-refractivity contribution is 6.23. The van der Waals surface area contributed by atoms with Gasteiger partial charge in [0.1, 0.15) is 6.04 Å². The molecule has 3 saturated heterocycles. The minimum absolute atomic E-state index is 0.0918. The highest BCUT2D eigenvalue weighted by Gasteiger charge is 2.44. The summed E-state index contributed by atoms with van der Waals surface area (Å²) in [6.45, 7) is 2.41. The van der Waals surface area contributed by atoms with Crippen LogP contribution in [0.5, 0.6) is 0 Å². The maximum Gasteiger partial charge on any atom is 0.262 e. The molecule has 0 radical (unpaired) electrons. The third-order valence-electron chi connectivity index (χ3n) is 10.4. The molecule has 5 heterocycles. The second kappa shape index (κ2) is 12.7. The lowest BCUT2D eigenvalue weighted by Crippen LogP contribution is -2.54. The van der Waals surface area contributed by atoms with Crippen molar-refractivity contribution < 1.29 is 23.9 Å². The summed E-state index contributed by atoms with van der Waals surface area (Å²) in [6, 6.07) is 11.0. The Labute approximate surface area is 283 Å². The first-order valence-corrected chi connectivity index (χ1v) is 17.0. The number of benzene rings is 2. The maximum atomic E-state index is 13.1. The maximum absolute atomic E-state index is 13.1. The molecule has 2 aromatic carbocycles. The van der Waals surface area contributed by atoms with Crippen LogP contribution in [-0.2, 0) is 14.3 Å². The quantitative estimate of drug-likeness (QED) is 0.166. The van der Waals surface area contributed by atoms with Crippen LogP contribution >= 0.6 is 0 Å². The predicted octanol–water partition coefficient (Wildman–Crippen LogP) is 3.05. The van der Waals surface area contributed by atoms with E-state index in [0.29, 0.717) is 23.8 Å². The number of fused-ring (bicyclic) bond motifs is 4. The zero-order chi connectivity index (χ0) is 33.6. The van der Waals surface area contributed by atoms with E-state index in [2.05, 4.69) is 32.7 Å². The summed E-state index contributed by atoms with van der Waals surface area (Å²) < 4.78 is 5.76. The zero-order valence-corrected chi connectivity index (χ0v) is 27.0. The Morgan fingerprint density at radius 1 is 1.06 bits per heavy atom. The Morgan fingerprint density at radius 2 is 1.92 bits per heavy atom. The van der Waals surface area contributed by atoms with Crippen LogP contribution < -0.4 is 21.3 Å². The molecule has 49 heavy (non-hydrogen) atoms. The number of piperidine rings is 1. The number of carbonyl (C=O) groups excluding carboxylic acids is 4. The van der Waals surface area contributed by atoms with Crippen molar-refractivity contribution in [3.63, 3.8) is 0 Å². The molecule has 13 heteroatoms. The average molecular weight is 663 g/mol. The van der Waals surface area contributed by atoms with E-state index in [1.165, 1.54) is 6.20 Å². The van der Waals surface area contributed by atoms with Gasteiger partial charge in [0.15, 0.2) is 0 Å². The average Bonchev–Trinajstić information content (AvgIpc) is 3.79. The van der Waals surface area contributed by atoms with Crippen molar-refractivity contribution in [1.82, 2.24) is 20.2 Å². The predicted molar refractivity (Wildman–Crippen MR) is 183 cm³/mol. The Balaban J connectivity index is 0.804. The number of ether oxygens (including phenoxy) is 1. The largest absolute Gasteiger partial charge is 0.404 e. The van der Waals surface area contributed by atoms with Crippen molar-refractivity contribution in [2.24, 2.45) is 16.6 Å². The van der Waals surface area contributed by atoms with Crippen molar-refractivity contribution in [2.45, 2.75) is 69.2 Å². The lowest BCUT2D eigenvalue weighted by Gasteiger charge is -2.32. The number of nitrogens with one attached hydrogen (secondary N) is 2.